The molecule has 3 aromatic carbocycles. The third kappa shape index (κ3) is 5.84. The SMILES string of the molecule is C(=N/N1CCOCC1)/c1ccc(OCc2ccccc2)c(OCc2ccccc2)c1. The first-order valence-corrected chi connectivity index (χ1v) is 10.2. The summed E-state index contributed by atoms with van der Waals surface area (Å²) in [4.78, 5) is 0. The van der Waals surface area contributed by atoms with Gasteiger partial charge in [-0.2, -0.15) is 5.10 Å². The molecule has 0 amide bonds. The lowest BCUT2D eigenvalue weighted by Gasteiger charge is -2.23. The molecule has 0 aliphatic carbocycles. The number of morpholine rings is 1. The molecule has 0 N–H and O–H groups in total. The van der Waals surface area contributed by atoms with E-state index < -0.39 is 0 Å². The number of ether oxygens (including phenoxy) is 3. The fourth-order valence-corrected chi connectivity index (χ4v) is 3.13. The zero-order chi connectivity index (χ0) is 20.4. The van der Waals surface area contributed by atoms with Crippen molar-refractivity contribution >= 4 is 6.21 Å². The van der Waals surface area contributed by atoms with Gasteiger partial charge in [-0.05, 0) is 34.9 Å². The standard InChI is InChI=1S/C25H26N2O3/c1-3-7-21(8-4-1)19-29-24-12-11-23(18-26-27-13-15-28-16-14-27)17-25(24)30-20-22-9-5-2-6-10-22/h1-12,17-18H,13-16,19-20H2/b26-18-. The minimum atomic E-state index is 0.479. The van der Waals surface area contributed by atoms with Crippen molar-refractivity contribution in [1.29, 1.82) is 0 Å². The van der Waals surface area contributed by atoms with Gasteiger partial charge < -0.3 is 14.2 Å². The van der Waals surface area contributed by atoms with Crippen LogP contribution >= 0.6 is 0 Å². The van der Waals surface area contributed by atoms with Crippen molar-refractivity contribution in [2.75, 3.05) is 26.3 Å². The van der Waals surface area contributed by atoms with E-state index in [-0.39, 0.29) is 0 Å². The van der Waals surface area contributed by atoms with Gasteiger partial charge in [-0.25, -0.2) is 0 Å². The molecule has 0 aromatic heterocycles. The van der Waals surface area contributed by atoms with E-state index in [2.05, 4.69) is 5.10 Å². The van der Waals surface area contributed by atoms with E-state index in [0.29, 0.717) is 19.0 Å². The molecule has 1 fully saturated rings. The zero-order valence-electron chi connectivity index (χ0n) is 16.9. The third-order valence-corrected chi connectivity index (χ3v) is 4.80. The van der Waals surface area contributed by atoms with Gasteiger partial charge in [-0.3, -0.25) is 5.01 Å². The predicted molar refractivity (Wildman–Crippen MR) is 118 cm³/mol. The maximum absolute atomic E-state index is 6.12. The Balaban J connectivity index is 1.49. The number of benzene rings is 3. The Labute approximate surface area is 177 Å². The average molecular weight is 402 g/mol. The molecule has 1 heterocycles. The molecule has 1 aliphatic rings. The molecule has 0 atom stereocenters. The number of hydrazone groups is 1. The Bertz CT molecular complexity index is 939. The molecule has 3 aromatic rings. The number of hydrogen-bond acceptors (Lipinski definition) is 5. The molecule has 0 saturated carbocycles. The molecule has 30 heavy (non-hydrogen) atoms. The van der Waals surface area contributed by atoms with Crippen molar-refractivity contribution in [1.82, 2.24) is 5.01 Å². The Kier molecular flexibility index (Phi) is 6.97. The van der Waals surface area contributed by atoms with Crippen molar-refractivity contribution in [2.45, 2.75) is 13.2 Å². The fraction of sp³-hybridized carbons (Fsp3) is 0.240. The van der Waals surface area contributed by atoms with Crippen molar-refractivity contribution in [3.8, 4) is 11.5 Å². The zero-order valence-corrected chi connectivity index (χ0v) is 16.9. The first-order valence-electron chi connectivity index (χ1n) is 10.2. The molecule has 0 radical (unpaired) electrons. The highest BCUT2D eigenvalue weighted by atomic mass is 16.5. The monoisotopic (exact) mass is 402 g/mol. The van der Waals surface area contributed by atoms with Gasteiger partial charge in [0.05, 0.1) is 32.5 Å². The second kappa shape index (κ2) is 10.5. The van der Waals surface area contributed by atoms with Gasteiger partial charge in [-0.15, -0.1) is 0 Å². The summed E-state index contributed by atoms with van der Waals surface area (Å²) in [5.74, 6) is 1.43. The van der Waals surface area contributed by atoms with Crippen LogP contribution in [0.4, 0.5) is 0 Å². The summed E-state index contributed by atoms with van der Waals surface area (Å²) in [6.45, 7) is 4.03. The van der Waals surface area contributed by atoms with Crippen LogP contribution in [0.5, 0.6) is 11.5 Å². The van der Waals surface area contributed by atoms with Crippen molar-refractivity contribution in [3.63, 3.8) is 0 Å². The number of hydrogen-bond donors (Lipinski definition) is 0. The van der Waals surface area contributed by atoms with E-state index in [0.717, 1.165) is 48.7 Å². The summed E-state index contributed by atoms with van der Waals surface area (Å²) in [6.07, 6.45) is 1.86. The largest absolute Gasteiger partial charge is 0.485 e. The maximum Gasteiger partial charge on any atom is 0.162 e. The van der Waals surface area contributed by atoms with Crippen LogP contribution in [0, 0.1) is 0 Å². The Morgan fingerprint density at radius 1 is 0.767 bits per heavy atom. The van der Waals surface area contributed by atoms with Gasteiger partial charge in [0.1, 0.15) is 13.2 Å². The molecule has 4 rings (SSSR count). The second-order valence-electron chi connectivity index (χ2n) is 7.07. The van der Waals surface area contributed by atoms with Crippen LogP contribution in [-0.4, -0.2) is 37.5 Å². The lowest BCUT2D eigenvalue weighted by atomic mass is 10.2. The van der Waals surface area contributed by atoms with Gasteiger partial charge in [0.15, 0.2) is 11.5 Å². The van der Waals surface area contributed by atoms with Crippen LogP contribution in [0.1, 0.15) is 16.7 Å². The quantitative estimate of drug-likeness (QED) is 0.520. The summed E-state index contributed by atoms with van der Waals surface area (Å²) in [6, 6.07) is 26.2. The number of rotatable bonds is 8. The van der Waals surface area contributed by atoms with Crippen LogP contribution in [0.3, 0.4) is 0 Å². The highest BCUT2D eigenvalue weighted by Crippen LogP contribution is 2.29. The van der Waals surface area contributed by atoms with Crippen molar-refractivity contribution < 1.29 is 14.2 Å². The predicted octanol–water partition coefficient (Wildman–Crippen LogP) is 4.51. The lowest BCUT2D eigenvalue weighted by Crippen LogP contribution is -2.32. The molecule has 1 aliphatic heterocycles. The minimum Gasteiger partial charge on any atom is -0.485 e. The first kappa shape index (κ1) is 20.0. The minimum absolute atomic E-state index is 0.479. The Morgan fingerprint density at radius 3 is 2.00 bits per heavy atom. The summed E-state index contributed by atoms with van der Waals surface area (Å²) in [5, 5.41) is 6.59. The Morgan fingerprint density at radius 2 is 1.37 bits per heavy atom. The van der Waals surface area contributed by atoms with Gasteiger partial charge >= 0.3 is 0 Å². The van der Waals surface area contributed by atoms with Crippen molar-refractivity contribution in [3.05, 3.63) is 95.6 Å². The topological polar surface area (TPSA) is 43.3 Å². The molecule has 5 nitrogen and oxygen atoms in total. The van der Waals surface area contributed by atoms with Crippen LogP contribution in [-0.2, 0) is 18.0 Å². The van der Waals surface area contributed by atoms with Crippen LogP contribution < -0.4 is 9.47 Å². The smallest absolute Gasteiger partial charge is 0.162 e. The third-order valence-electron chi connectivity index (χ3n) is 4.80. The summed E-state index contributed by atoms with van der Waals surface area (Å²) >= 11 is 0. The number of nitrogens with zero attached hydrogens (tertiary/aromatic N) is 2. The van der Waals surface area contributed by atoms with E-state index >= 15 is 0 Å². The van der Waals surface area contributed by atoms with E-state index in [9.17, 15) is 0 Å². The summed E-state index contributed by atoms with van der Waals surface area (Å²) in [7, 11) is 0. The normalized spacial score (nSPS) is 14.1. The van der Waals surface area contributed by atoms with E-state index in [1.165, 1.54) is 0 Å². The summed E-state index contributed by atoms with van der Waals surface area (Å²) in [5.41, 5.74) is 3.19. The molecule has 0 unspecified atom stereocenters. The van der Waals surface area contributed by atoms with E-state index in [1.807, 2.05) is 90.1 Å². The molecular formula is C25H26N2O3. The molecule has 1 saturated heterocycles. The highest BCUT2D eigenvalue weighted by Gasteiger charge is 2.09. The summed E-state index contributed by atoms with van der Waals surface area (Å²) < 4.78 is 17.6. The Hall–Kier alpha value is -3.31. The molecule has 0 spiro atoms. The van der Waals surface area contributed by atoms with Crippen molar-refractivity contribution in [2.24, 2.45) is 5.10 Å². The molecule has 5 heteroatoms. The lowest BCUT2D eigenvalue weighted by molar-refractivity contribution is 0.0397. The average Bonchev–Trinajstić information content (AvgIpc) is 2.82. The van der Waals surface area contributed by atoms with Gasteiger partial charge in [0.2, 0.25) is 0 Å². The van der Waals surface area contributed by atoms with Gasteiger partial charge in [-0.1, -0.05) is 60.7 Å². The van der Waals surface area contributed by atoms with Gasteiger partial charge in [0.25, 0.3) is 0 Å². The van der Waals surface area contributed by atoms with E-state index in [1.54, 1.807) is 0 Å². The van der Waals surface area contributed by atoms with E-state index in [4.69, 9.17) is 14.2 Å². The van der Waals surface area contributed by atoms with Gasteiger partial charge in [0, 0.05) is 0 Å². The molecular weight excluding hydrogens is 376 g/mol. The van der Waals surface area contributed by atoms with Crippen LogP contribution in [0.15, 0.2) is 84.0 Å². The highest BCUT2D eigenvalue weighted by molar-refractivity contribution is 5.80. The fourth-order valence-electron chi connectivity index (χ4n) is 3.13. The second-order valence-corrected chi connectivity index (χ2v) is 7.07. The van der Waals surface area contributed by atoms with Crippen LogP contribution in [0.2, 0.25) is 0 Å². The molecule has 0 bridgehead atoms. The maximum atomic E-state index is 6.12. The first-order chi connectivity index (χ1) is 14.9. The molecule has 154 valence electrons. The van der Waals surface area contributed by atoms with Crippen LogP contribution in [0.25, 0.3) is 0 Å².